The van der Waals surface area contributed by atoms with Crippen LogP contribution in [0.2, 0.25) is 5.02 Å². The minimum atomic E-state index is -1.33. The lowest BCUT2D eigenvalue weighted by molar-refractivity contribution is -0.140. The van der Waals surface area contributed by atoms with Gasteiger partial charge in [-0.25, -0.2) is 13.7 Å². The third kappa shape index (κ3) is 23.9. The van der Waals surface area contributed by atoms with E-state index in [1.165, 1.54) is 16.7 Å². The Hall–Kier alpha value is -4.70. The molecule has 57 heavy (non-hydrogen) atoms. The van der Waals surface area contributed by atoms with E-state index < -0.39 is 46.8 Å². The number of aromatic nitrogens is 1. The summed E-state index contributed by atoms with van der Waals surface area (Å²) >= 11 is 5.59. The molecule has 2 heterocycles. The number of ether oxygens (including phenoxy) is 1. The predicted octanol–water partition coefficient (Wildman–Crippen LogP) is 4.65. The average Bonchev–Trinajstić information content (AvgIpc) is 3.70. The summed E-state index contributed by atoms with van der Waals surface area (Å²) < 4.78 is 18.6. The molecule has 0 bridgehead atoms. The molecule has 1 saturated heterocycles. The summed E-state index contributed by atoms with van der Waals surface area (Å²) in [7, 11) is -1.33. The highest BCUT2D eigenvalue weighted by Crippen LogP contribution is 2.17. The number of aryl methyl sites for hydroxylation is 1. The number of nitrogens with zero attached hydrogens (tertiary/aromatic N) is 2. The van der Waals surface area contributed by atoms with Crippen LogP contribution in [0.3, 0.4) is 0 Å². The first-order valence-corrected chi connectivity index (χ1v) is 20.7. The number of amides is 4. The van der Waals surface area contributed by atoms with Crippen LogP contribution in [0, 0.1) is 0 Å². The van der Waals surface area contributed by atoms with Crippen LogP contribution in [0.4, 0.5) is 4.79 Å². The van der Waals surface area contributed by atoms with E-state index in [0.29, 0.717) is 31.0 Å². The number of ketones is 1. The maximum atomic E-state index is 12.3. The second-order valence-corrected chi connectivity index (χ2v) is 15.2. The van der Waals surface area contributed by atoms with E-state index in [2.05, 4.69) is 63.8 Å². The zero-order chi connectivity index (χ0) is 42.6. The van der Waals surface area contributed by atoms with E-state index in [-0.39, 0.29) is 31.7 Å². The Bertz CT molecular complexity index is 1660. The maximum Gasteiger partial charge on any atom is 0.407 e. The average molecular weight is 831 g/mol. The first kappa shape index (κ1) is 50.3. The summed E-state index contributed by atoms with van der Waals surface area (Å²) in [4.78, 5) is 64.5. The van der Waals surface area contributed by atoms with Crippen LogP contribution in [0.25, 0.3) is 0 Å². The number of benzene rings is 2. The van der Waals surface area contributed by atoms with Crippen LogP contribution in [0.5, 0.6) is 0 Å². The second-order valence-electron chi connectivity index (χ2n) is 13.6. The molecule has 14 nitrogen and oxygen atoms in total. The van der Waals surface area contributed by atoms with Crippen molar-refractivity contribution in [2.45, 2.75) is 91.5 Å². The van der Waals surface area contributed by atoms with Crippen LogP contribution in [-0.2, 0) is 54.5 Å². The summed E-state index contributed by atoms with van der Waals surface area (Å²) in [5.41, 5.74) is 2.70. The van der Waals surface area contributed by atoms with Crippen molar-refractivity contribution in [2.24, 2.45) is 0 Å². The fraction of sp³-hybridized carbons (Fsp3) is 0.463. The standard InChI is InChI=1S/C17H23N5O5S.C9H19NO2.C8H10.C7H7ClO/c1-28(27)21-11-15(24)22-8-2-3-13(22)16(25)20-10-14(23)17(26)19-9-12-4-6-18-7-5-12;1-5-6-7-10-8(11)12-9(2,3)4;1-2-8-6-4-3-5-7-8;8-7-3-1-6(5-9)2-4-7/h4-7,13,21H,2-3,8-11H2,1H3,(H,19,26)(H,20,25);5-7H2,1-4H3,(H,10,11);3-7H,2H2,1H3;1-4,9H,5H2. The van der Waals surface area contributed by atoms with Crippen molar-refractivity contribution in [3.8, 4) is 0 Å². The lowest BCUT2D eigenvalue weighted by Crippen LogP contribution is -2.50. The molecule has 0 aliphatic carbocycles. The molecule has 5 N–H and O–H groups in total. The van der Waals surface area contributed by atoms with Gasteiger partial charge in [0.05, 0.1) is 30.7 Å². The SMILES string of the molecule is CCCCNC(=O)OC(C)(C)C.CCc1ccccc1.CS(=O)NCC(=O)N1CCCC1C(=O)NCC(=O)C(=O)NCc1ccncc1.OCc1ccc(Cl)cc1. The number of unbranched alkanes of at least 4 members (excludes halogenated alkanes) is 1. The molecule has 1 fully saturated rings. The highest BCUT2D eigenvalue weighted by Gasteiger charge is 2.34. The molecule has 1 aromatic heterocycles. The highest BCUT2D eigenvalue weighted by atomic mass is 35.5. The Balaban J connectivity index is 0.000000455. The number of carbonyl (C=O) groups is 5. The maximum absolute atomic E-state index is 12.3. The first-order chi connectivity index (χ1) is 27.1. The van der Waals surface area contributed by atoms with Crippen LogP contribution in [0.15, 0.2) is 79.1 Å². The number of Topliss-reactive ketones (excluding diaryl/α,β-unsaturated/α-hetero) is 1. The molecule has 0 saturated carbocycles. The summed E-state index contributed by atoms with van der Waals surface area (Å²) in [5.74, 6) is -2.40. The summed E-state index contributed by atoms with van der Waals surface area (Å²) in [6.07, 6.45) is 8.57. The molecule has 3 aromatic rings. The smallest absolute Gasteiger partial charge is 0.407 e. The van der Waals surface area contributed by atoms with Gasteiger partial charge in [-0.2, -0.15) is 0 Å². The molecule has 1 aliphatic rings. The largest absolute Gasteiger partial charge is 0.444 e. The van der Waals surface area contributed by atoms with E-state index in [4.69, 9.17) is 21.4 Å². The molecule has 2 aromatic carbocycles. The monoisotopic (exact) mass is 830 g/mol. The van der Waals surface area contributed by atoms with Gasteiger partial charge in [0, 0.05) is 43.3 Å². The molecule has 4 amide bonds. The van der Waals surface area contributed by atoms with Gasteiger partial charge >= 0.3 is 6.09 Å². The number of alkyl carbamates (subject to hydrolysis) is 1. The van der Waals surface area contributed by atoms with Gasteiger partial charge < -0.3 is 30.7 Å². The van der Waals surface area contributed by atoms with Crippen molar-refractivity contribution >= 4 is 52.2 Å². The number of aliphatic hydroxyl groups excluding tert-OH is 1. The molecule has 0 radical (unpaired) electrons. The quantitative estimate of drug-likeness (QED) is 0.114. The van der Waals surface area contributed by atoms with Crippen molar-refractivity contribution in [3.05, 3.63) is 101 Å². The van der Waals surface area contributed by atoms with Gasteiger partial charge in [-0.1, -0.05) is 74.3 Å². The normalized spacial score (nSPS) is 13.5. The number of nitrogens with one attached hydrogen (secondary N) is 4. The number of aliphatic hydroxyl groups is 1. The van der Waals surface area contributed by atoms with E-state index in [9.17, 15) is 28.2 Å². The van der Waals surface area contributed by atoms with Gasteiger partial charge in [0.1, 0.15) is 11.6 Å². The molecular formula is C41H59ClN6O8S. The molecule has 2 unspecified atom stereocenters. The number of pyridine rings is 1. The zero-order valence-electron chi connectivity index (χ0n) is 33.8. The summed E-state index contributed by atoms with van der Waals surface area (Å²) in [6, 6.07) is 20.3. The Labute approximate surface area is 344 Å². The number of carbonyl (C=O) groups excluding carboxylic acids is 5. The minimum absolute atomic E-state index is 0.0805. The molecule has 1 aliphatic heterocycles. The molecule has 0 spiro atoms. The number of halogens is 1. The van der Waals surface area contributed by atoms with Gasteiger partial charge in [-0.15, -0.1) is 0 Å². The Morgan fingerprint density at radius 3 is 2.09 bits per heavy atom. The molecule has 16 heteroatoms. The number of hydrogen-bond acceptors (Lipinski definition) is 9. The third-order valence-corrected chi connectivity index (χ3v) is 8.53. The van der Waals surface area contributed by atoms with Crippen molar-refractivity contribution in [2.75, 3.05) is 32.4 Å². The molecular weight excluding hydrogens is 772 g/mol. The lowest BCUT2D eigenvalue weighted by atomic mass is 10.2. The first-order valence-electron chi connectivity index (χ1n) is 18.8. The van der Waals surface area contributed by atoms with E-state index in [0.717, 1.165) is 30.4 Å². The van der Waals surface area contributed by atoms with Crippen molar-refractivity contribution in [1.82, 2.24) is 30.6 Å². The van der Waals surface area contributed by atoms with Gasteiger partial charge in [0.25, 0.3) is 5.91 Å². The lowest BCUT2D eigenvalue weighted by Gasteiger charge is -2.23. The van der Waals surface area contributed by atoms with Crippen molar-refractivity contribution in [3.63, 3.8) is 0 Å². The van der Waals surface area contributed by atoms with Crippen LogP contribution < -0.4 is 20.7 Å². The summed E-state index contributed by atoms with van der Waals surface area (Å²) in [6.45, 7) is 10.6. The third-order valence-electron chi connectivity index (χ3n) is 7.73. The van der Waals surface area contributed by atoms with Gasteiger partial charge in [-0.3, -0.25) is 24.2 Å². The Morgan fingerprint density at radius 2 is 1.54 bits per heavy atom. The fourth-order valence-electron chi connectivity index (χ4n) is 4.73. The van der Waals surface area contributed by atoms with Crippen LogP contribution in [0.1, 0.15) is 77.0 Å². The van der Waals surface area contributed by atoms with E-state index in [1.807, 2.05) is 26.8 Å². The zero-order valence-corrected chi connectivity index (χ0v) is 35.4. The number of likely N-dealkylation sites (tertiary alicyclic amines) is 1. The second kappa shape index (κ2) is 28.7. The van der Waals surface area contributed by atoms with Gasteiger partial charge in [0.15, 0.2) is 0 Å². The molecule has 2 atom stereocenters. The van der Waals surface area contributed by atoms with Crippen LogP contribution in [-0.4, -0.2) is 92.9 Å². The molecule has 314 valence electrons. The van der Waals surface area contributed by atoms with Gasteiger partial charge in [-0.05, 0) is 87.4 Å². The van der Waals surface area contributed by atoms with E-state index >= 15 is 0 Å². The molecule has 4 rings (SSSR count). The van der Waals surface area contributed by atoms with Crippen LogP contribution >= 0.6 is 11.6 Å². The van der Waals surface area contributed by atoms with Crippen molar-refractivity contribution < 1.29 is 38.0 Å². The predicted molar refractivity (Wildman–Crippen MR) is 223 cm³/mol. The number of rotatable bonds is 14. The number of hydrogen-bond donors (Lipinski definition) is 5. The topological polar surface area (TPSA) is 196 Å². The minimum Gasteiger partial charge on any atom is -0.444 e. The van der Waals surface area contributed by atoms with E-state index in [1.54, 1.807) is 48.8 Å². The van der Waals surface area contributed by atoms with Gasteiger partial charge in [0.2, 0.25) is 17.6 Å². The fourth-order valence-corrected chi connectivity index (χ4v) is 5.19. The Kier molecular flexibility index (Phi) is 25.3. The highest BCUT2D eigenvalue weighted by molar-refractivity contribution is 7.82. The summed E-state index contributed by atoms with van der Waals surface area (Å²) in [5, 5.41) is 16.9. The van der Waals surface area contributed by atoms with Crippen molar-refractivity contribution in [1.29, 1.82) is 0 Å². The Morgan fingerprint density at radius 1 is 0.895 bits per heavy atom.